The van der Waals surface area contributed by atoms with E-state index in [2.05, 4.69) is 41.1 Å². The zero-order valence-electron chi connectivity index (χ0n) is 20.6. The maximum atomic E-state index is 13.5. The summed E-state index contributed by atoms with van der Waals surface area (Å²) in [6.45, 7) is 3.83. The highest BCUT2D eigenvalue weighted by Gasteiger charge is 2.38. The number of amides is 2. The summed E-state index contributed by atoms with van der Waals surface area (Å²) in [5.41, 5.74) is 3.49. The van der Waals surface area contributed by atoms with E-state index in [0.29, 0.717) is 24.4 Å². The first-order valence-corrected chi connectivity index (χ1v) is 12.1. The number of aromatic nitrogens is 6. The van der Waals surface area contributed by atoms with E-state index in [4.69, 9.17) is 4.74 Å². The van der Waals surface area contributed by atoms with Crippen LogP contribution in [0.25, 0.3) is 0 Å². The monoisotopic (exact) mass is 507 g/mol. The Labute approximate surface area is 213 Å². The largest absolute Gasteiger partial charge is 0.389 e. The van der Waals surface area contributed by atoms with E-state index in [0.717, 1.165) is 18.5 Å². The zero-order chi connectivity index (χ0) is 26.0. The molecule has 37 heavy (non-hydrogen) atoms. The first-order chi connectivity index (χ1) is 17.8. The molecule has 13 heteroatoms. The van der Waals surface area contributed by atoms with Gasteiger partial charge in [-0.15, -0.1) is 0 Å². The highest BCUT2D eigenvalue weighted by Crippen LogP contribution is 2.39. The van der Waals surface area contributed by atoms with Crippen LogP contribution >= 0.6 is 0 Å². The van der Waals surface area contributed by atoms with Gasteiger partial charge in [-0.2, -0.15) is 9.89 Å². The van der Waals surface area contributed by atoms with Crippen LogP contribution in [-0.2, 0) is 9.53 Å². The lowest BCUT2D eigenvalue weighted by Gasteiger charge is -2.33. The van der Waals surface area contributed by atoms with Crippen LogP contribution in [0.15, 0.2) is 37.2 Å². The van der Waals surface area contributed by atoms with E-state index >= 15 is 0 Å². The molecule has 0 aromatic carbocycles. The molecule has 2 atom stereocenters. The van der Waals surface area contributed by atoms with Crippen LogP contribution in [0, 0.1) is 0 Å². The molecule has 1 aliphatic carbocycles. The Hall–Kier alpha value is -3.97. The number of rotatable bonds is 10. The number of nitrogens with zero attached hydrogens (tertiary/aromatic N) is 6. The van der Waals surface area contributed by atoms with Gasteiger partial charge >= 0.3 is 0 Å². The Kier molecular flexibility index (Phi) is 6.80. The number of hydrogen-bond acceptors (Lipinski definition) is 10. The van der Waals surface area contributed by atoms with Crippen molar-refractivity contribution in [3.63, 3.8) is 0 Å². The maximum absolute atomic E-state index is 13.5. The number of hydrogen-bond donors (Lipinski definition) is 4. The van der Waals surface area contributed by atoms with Crippen LogP contribution in [0.5, 0.6) is 0 Å². The van der Waals surface area contributed by atoms with Gasteiger partial charge in [0.25, 0.3) is 5.91 Å². The predicted octanol–water partition coefficient (Wildman–Crippen LogP) is 1.23. The average Bonchev–Trinajstić information content (AvgIpc) is 3.59. The van der Waals surface area contributed by atoms with E-state index in [1.165, 1.54) is 17.3 Å². The summed E-state index contributed by atoms with van der Waals surface area (Å²) >= 11 is 0. The van der Waals surface area contributed by atoms with Crippen molar-refractivity contribution in [2.24, 2.45) is 0 Å². The van der Waals surface area contributed by atoms with Crippen molar-refractivity contribution in [3.05, 3.63) is 54.3 Å². The fraction of sp³-hybridized carbons (Fsp3) is 0.458. The molecule has 0 bridgehead atoms. The SMILES string of the molecule is CC(C)(O)CNC(=O)C(c1ccnn1NC(=O)c1nc(C2CC2)cnc1Nc1cncnc1)C1CCO1. The molecule has 3 aromatic rings. The predicted molar refractivity (Wildman–Crippen MR) is 132 cm³/mol. The summed E-state index contributed by atoms with van der Waals surface area (Å²) in [6, 6.07) is 1.66. The van der Waals surface area contributed by atoms with Crippen molar-refractivity contribution in [3.8, 4) is 0 Å². The first kappa shape index (κ1) is 24.7. The van der Waals surface area contributed by atoms with Crippen LogP contribution in [0.2, 0.25) is 0 Å². The molecule has 1 saturated heterocycles. The molecule has 2 fully saturated rings. The maximum Gasteiger partial charge on any atom is 0.293 e. The minimum atomic E-state index is -1.08. The molecule has 4 heterocycles. The van der Waals surface area contributed by atoms with Gasteiger partial charge in [0.1, 0.15) is 12.2 Å². The molecule has 194 valence electrons. The van der Waals surface area contributed by atoms with Crippen molar-refractivity contribution < 1.29 is 19.4 Å². The van der Waals surface area contributed by atoms with E-state index in [-0.39, 0.29) is 36.0 Å². The van der Waals surface area contributed by atoms with Gasteiger partial charge in [0.05, 0.1) is 53.6 Å². The minimum Gasteiger partial charge on any atom is -0.389 e. The Balaban J connectivity index is 1.40. The lowest BCUT2D eigenvalue weighted by molar-refractivity contribution is -0.134. The van der Waals surface area contributed by atoms with Gasteiger partial charge in [-0.1, -0.05) is 0 Å². The fourth-order valence-corrected chi connectivity index (χ4v) is 3.94. The van der Waals surface area contributed by atoms with Crippen LogP contribution in [0.1, 0.15) is 66.8 Å². The highest BCUT2D eigenvalue weighted by atomic mass is 16.5. The molecule has 2 amide bonds. The van der Waals surface area contributed by atoms with Gasteiger partial charge < -0.3 is 20.5 Å². The van der Waals surface area contributed by atoms with Gasteiger partial charge in [-0.25, -0.2) is 25.4 Å². The number of nitrogens with one attached hydrogen (secondary N) is 3. The Morgan fingerprint density at radius 2 is 1.97 bits per heavy atom. The highest BCUT2D eigenvalue weighted by molar-refractivity contribution is 6.02. The van der Waals surface area contributed by atoms with Crippen molar-refractivity contribution in [1.29, 1.82) is 0 Å². The lowest BCUT2D eigenvalue weighted by Crippen LogP contribution is -2.47. The molecule has 13 nitrogen and oxygen atoms in total. The van der Waals surface area contributed by atoms with Gasteiger partial charge in [0.2, 0.25) is 5.91 Å². The summed E-state index contributed by atoms with van der Waals surface area (Å²) in [7, 11) is 0. The van der Waals surface area contributed by atoms with Crippen molar-refractivity contribution in [2.45, 2.75) is 56.7 Å². The third-order valence-electron chi connectivity index (χ3n) is 6.11. The van der Waals surface area contributed by atoms with E-state index < -0.39 is 17.4 Å². The molecule has 1 aliphatic heterocycles. The van der Waals surface area contributed by atoms with Gasteiger partial charge in [-0.3, -0.25) is 9.59 Å². The smallest absolute Gasteiger partial charge is 0.293 e. The zero-order valence-corrected chi connectivity index (χ0v) is 20.6. The Bertz CT molecular complexity index is 1270. The lowest BCUT2D eigenvalue weighted by atomic mass is 9.92. The van der Waals surface area contributed by atoms with Crippen molar-refractivity contribution >= 4 is 23.3 Å². The topological polar surface area (TPSA) is 169 Å². The summed E-state index contributed by atoms with van der Waals surface area (Å²) in [5, 5.41) is 20.1. The summed E-state index contributed by atoms with van der Waals surface area (Å²) in [5.74, 6) is -1.09. The second-order valence-electron chi connectivity index (χ2n) is 9.83. The third kappa shape index (κ3) is 5.89. The molecule has 1 saturated carbocycles. The Morgan fingerprint density at radius 1 is 1.22 bits per heavy atom. The van der Waals surface area contributed by atoms with Crippen LogP contribution in [-0.4, -0.2) is 71.6 Å². The average molecular weight is 508 g/mol. The molecule has 2 unspecified atom stereocenters. The van der Waals surface area contributed by atoms with Crippen molar-refractivity contribution in [2.75, 3.05) is 23.9 Å². The molecule has 2 aliphatic rings. The number of anilines is 2. The molecule has 4 N–H and O–H groups in total. The fourth-order valence-electron chi connectivity index (χ4n) is 3.94. The summed E-state index contributed by atoms with van der Waals surface area (Å²) in [4.78, 5) is 44.8. The normalized spacial score (nSPS) is 18.0. The number of carbonyl (C=O) groups excluding carboxylic acids is 2. The van der Waals surface area contributed by atoms with Gasteiger partial charge in [0.15, 0.2) is 11.5 Å². The van der Waals surface area contributed by atoms with E-state index in [1.54, 1.807) is 38.5 Å². The number of ether oxygens (including phenoxy) is 1. The number of aliphatic hydroxyl groups is 1. The second-order valence-corrected chi connectivity index (χ2v) is 9.83. The Morgan fingerprint density at radius 3 is 2.62 bits per heavy atom. The van der Waals surface area contributed by atoms with E-state index in [9.17, 15) is 14.7 Å². The van der Waals surface area contributed by atoms with Crippen LogP contribution in [0.3, 0.4) is 0 Å². The molecule has 0 radical (unpaired) electrons. The molecular formula is C24H29N9O4. The van der Waals surface area contributed by atoms with Crippen LogP contribution < -0.4 is 16.1 Å². The standard InChI is InChI=1S/C24H29N9O4/c1-24(2,36)12-28-22(34)19(18-6-8-37-18)17-5-7-29-33(17)32-23(35)20-21(30-15-9-25-13-26-10-15)27-11-16(31-20)14-3-4-14/h5,7,9-11,13-14,18-19,36H,3-4,6,8,12H2,1-2H3,(H,27,30)(H,28,34)(H,32,35). The minimum absolute atomic E-state index is 0.0668. The van der Waals surface area contributed by atoms with Gasteiger partial charge in [-0.05, 0) is 39.2 Å². The summed E-state index contributed by atoms with van der Waals surface area (Å²) < 4.78 is 5.63. The molecule has 3 aromatic heterocycles. The third-order valence-corrected chi connectivity index (χ3v) is 6.11. The second kappa shape index (κ2) is 10.2. The first-order valence-electron chi connectivity index (χ1n) is 12.1. The van der Waals surface area contributed by atoms with Gasteiger partial charge in [0, 0.05) is 19.1 Å². The molecule has 0 spiro atoms. The quantitative estimate of drug-likeness (QED) is 0.313. The summed E-state index contributed by atoms with van der Waals surface area (Å²) in [6.07, 6.45) is 10.00. The molecular weight excluding hydrogens is 478 g/mol. The number of carbonyl (C=O) groups is 2. The van der Waals surface area contributed by atoms with Crippen LogP contribution in [0.4, 0.5) is 11.5 Å². The van der Waals surface area contributed by atoms with Crippen molar-refractivity contribution in [1.82, 2.24) is 35.1 Å². The molecule has 5 rings (SSSR count). The van der Waals surface area contributed by atoms with E-state index in [1.807, 2.05) is 0 Å².